The summed E-state index contributed by atoms with van der Waals surface area (Å²) in [6.45, 7) is 6.50. The lowest BCUT2D eigenvalue weighted by Crippen LogP contribution is -2.44. The van der Waals surface area contributed by atoms with Crippen molar-refractivity contribution in [3.63, 3.8) is 0 Å². The van der Waals surface area contributed by atoms with Gasteiger partial charge in [0.05, 0.1) is 11.9 Å². The Balaban J connectivity index is 2.12. The fourth-order valence-electron chi connectivity index (χ4n) is 2.01. The van der Waals surface area contributed by atoms with E-state index in [1.807, 2.05) is 13.2 Å². The molecule has 2 rings (SSSR count). The van der Waals surface area contributed by atoms with Crippen LogP contribution in [0.25, 0.3) is 0 Å². The van der Waals surface area contributed by atoms with Crippen molar-refractivity contribution in [1.82, 2.24) is 9.88 Å². The molecule has 1 N–H and O–H groups in total. The number of aromatic nitrogens is 1. The van der Waals surface area contributed by atoms with E-state index in [1.54, 1.807) is 0 Å². The Morgan fingerprint density at radius 3 is 2.50 bits per heavy atom. The SMILES string of the molecule is CNc1cnc(N2CCN(C)CC2)cc1C. The van der Waals surface area contributed by atoms with Crippen LogP contribution in [0.15, 0.2) is 12.3 Å². The molecular formula is C12H20N4. The molecule has 0 radical (unpaired) electrons. The summed E-state index contributed by atoms with van der Waals surface area (Å²) < 4.78 is 0. The molecule has 4 heteroatoms. The van der Waals surface area contributed by atoms with Gasteiger partial charge in [0.25, 0.3) is 0 Å². The Morgan fingerprint density at radius 1 is 1.25 bits per heavy atom. The van der Waals surface area contributed by atoms with Crippen LogP contribution in [0.1, 0.15) is 5.56 Å². The number of aryl methyl sites for hydroxylation is 1. The lowest BCUT2D eigenvalue weighted by atomic mass is 10.2. The van der Waals surface area contributed by atoms with Crippen molar-refractivity contribution < 1.29 is 0 Å². The van der Waals surface area contributed by atoms with Crippen LogP contribution in [-0.2, 0) is 0 Å². The van der Waals surface area contributed by atoms with Crippen molar-refractivity contribution in [3.8, 4) is 0 Å². The first kappa shape index (κ1) is 11.2. The average molecular weight is 220 g/mol. The summed E-state index contributed by atoms with van der Waals surface area (Å²) in [5.74, 6) is 1.10. The standard InChI is InChI=1S/C12H20N4/c1-10-8-12(14-9-11(10)13-2)16-6-4-15(3)5-7-16/h8-9,13H,4-7H2,1-3H3. The summed E-state index contributed by atoms with van der Waals surface area (Å²) in [7, 11) is 4.10. The number of anilines is 2. The van der Waals surface area contributed by atoms with Gasteiger partial charge in [-0.2, -0.15) is 0 Å². The van der Waals surface area contributed by atoms with Crippen molar-refractivity contribution in [1.29, 1.82) is 0 Å². The van der Waals surface area contributed by atoms with E-state index in [2.05, 4.69) is 40.1 Å². The highest BCUT2D eigenvalue weighted by Gasteiger charge is 2.15. The van der Waals surface area contributed by atoms with E-state index in [0.717, 1.165) is 37.7 Å². The van der Waals surface area contributed by atoms with Crippen molar-refractivity contribution in [2.24, 2.45) is 0 Å². The normalized spacial score (nSPS) is 17.6. The molecule has 0 aromatic carbocycles. The maximum Gasteiger partial charge on any atom is 0.128 e. The predicted molar refractivity (Wildman–Crippen MR) is 68.2 cm³/mol. The molecule has 1 aromatic heterocycles. The number of pyridine rings is 1. The van der Waals surface area contributed by atoms with Gasteiger partial charge in [-0.3, -0.25) is 0 Å². The molecule has 0 bridgehead atoms. The molecule has 0 atom stereocenters. The van der Waals surface area contributed by atoms with Crippen LogP contribution < -0.4 is 10.2 Å². The second-order valence-corrected chi connectivity index (χ2v) is 4.40. The second kappa shape index (κ2) is 4.70. The Bertz CT molecular complexity index is 356. The molecule has 88 valence electrons. The smallest absolute Gasteiger partial charge is 0.128 e. The van der Waals surface area contributed by atoms with Crippen molar-refractivity contribution in [2.45, 2.75) is 6.92 Å². The third-order valence-corrected chi connectivity index (χ3v) is 3.19. The monoisotopic (exact) mass is 220 g/mol. The van der Waals surface area contributed by atoms with Crippen molar-refractivity contribution in [3.05, 3.63) is 17.8 Å². The molecule has 2 heterocycles. The number of nitrogens with zero attached hydrogens (tertiary/aromatic N) is 3. The highest BCUT2D eigenvalue weighted by atomic mass is 15.3. The first-order chi connectivity index (χ1) is 7.70. The van der Waals surface area contributed by atoms with Crippen molar-refractivity contribution in [2.75, 3.05) is 50.5 Å². The minimum atomic E-state index is 1.07. The average Bonchev–Trinajstić information content (AvgIpc) is 2.30. The zero-order valence-electron chi connectivity index (χ0n) is 10.3. The van der Waals surface area contributed by atoms with Crippen LogP contribution in [0, 0.1) is 6.92 Å². The van der Waals surface area contributed by atoms with Crippen LogP contribution >= 0.6 is 0 Å². The van der Waals surface area contributed by atoms with Crippen LogP contribution in [0.5, 0.6) is 0 Å². The van der Waals surface area contributed by atoms with Gasteiger partial charge in [0, 0.05) is 33.2 Å². The molecule has 0 saturated carbocycles. The molecule has 1 fully saturated rings. The molecule has 4 nitrogen and oxygen atoms in total. The van der Waals surface area contributed by atoms with Gasteiger partial charge in [-0.1, -0.05) is 0 Å². The molecule has 0 spiro atoms. The van der Waals surface area contributed by atoms with E-state index in [0.29, 0.717) is 0 Å². The minimum absolute atomic E-state index is 1.07. The fourth-order valence-corrected chi connectivity index (χ4v) is 2.01. The summed E-state index contributed by atoms with van der Waals surface area (Å²) in [4.78, 5) is 9.21. The first-order valence-corrected chi connectivity index (χ1v) is 5.78. The highest BCUT2D eigenvalue weighted by molar-refractivity contribution is 5.54. The van der Waals surface area contributed by atoms with E-state index in [9.17, 15) is 0 Å². The van der Waals surface area contributed by atoms with Crippen LogP contribution in [0.3, 0.4) is 0 Å². The topological polar surface area (TPSA) is 31.4 Å². The van der Waals surface area contributed by atoms with E-state index in [-0.39, 0.29) is 0 Å². The number of nitrogens with one attached hydrogen (secondary N) is 1. The third-order valence-electron chi connectivity index (χ3n) is 3.19. The van der Waals surface area contributed by atoms with E-state index >= 15 is 0 Å². The molecule has 0 aliphatic carbocycles. The highest BCUT2D eigenvalue weighted by Crippen LogP contribution is 2.19. The summed E-state index contributed by atoms with van der Waals surface area (Å²) in [5.41, 5.74) is 2.37. The molecular weight excluding hydrogens is 200 g/mol. The second-order valence-electron chi connectivity index (χ2n) is 4.40. The molecule has 0 unspecified atom stereocenters. The van der Waals surface area contributed by atoms with Gasteiger partial charge in [-0.25, -0.2) is 4.98 Å². The maximum absolute atomic E-state index is 4.50. The van der Waals surface area contributed by atoms with Gasteiger partial charge >= 0.3 is 0 Å². The van der Waals surface area contributed by atoms with Crippen LogP contribution in [0.2, 0.25) is 0 Å². The maximum atomic E-state index is 4.50. The molecule has 1 aliphatic heterocycles. The van der Waals surface area contributed by atoms with Gasteiger partial charge in [0.15, 0.2) is 0 Å². The predicted octanol–water partition coefficient (Wildman–Crippen LogP) is 1.18. The molecule has 16 heavy (non-hydrogen) atoms. The van der Waals surface area contributed by atoms with Gasteiger partial charge in [-0.15, -0.1) is 0 Å². The van der Waals surface area contributed by atoms with Gasteiger partial charge < -0.3 is 15.1 Å². The Morgan fingerprint density at radius 2 is 1.94 bits per heavy atom. The largest absolute Gasteiger partial charge is 0.387 e. The van der Waals surface area contributed by atoms with E-state index < -0.39 is 0 Å². The summed E-state index contributed by atoms with van der Waals surface area (Å²) in [5, 5.41) is 3.14. The summed E-state index contributed by atoms with van der Waals surface area (Å²) in [6.07, 6.45) is 1.92. The number of piperazine rings is 1. The third kappa shape index (κ3) is 2.27. The number of hydrogen-bond acceptors (Lipinski definition) is 4. The van der Waals surface area contributed by atoms with Gasteiger partial charge in [-0.05, 0) is 25.6 Å². The minimum Gasteiger partial charge on any atom is -0.387 e. The van der Waals surface area contributed by atoms with Crippen molar-refractivity contribution >= 4 is 11.5 Å². The summed E-state index contributed by atoms with van der Waals surface area (Å²) >= 11 is 0. The summed E-state index contributed by atoms with van der Waals surface area (Å²) in [6, 6.07) is 2.16. The molecule has 1 saturated heterocycles. The van der Waals surface area contributed by atoms with Gasteiger partial charge in [0.1, 0.15) is 5.82 Å². The van der Waals surface area contributed by atoms with E-state index in [4.69, 9.17) is 0 Å². The lowest BCUT2D eigenvalue weighted by molar-refractivity contribution is 0.312. The Kier molecular flexibility index (Phi) is 3.29. The first-order valence-electron chi connectivity index (χ1n) is 5.78. The molecule has 0 amide bonds. The van der Waals surface area contributed by atoms with E-state index in [1.165, 1.54) is 5.56 Å². The quantitative estimate of drug-likeness (QED) is 0.811. The molecule has 1 aromatic rings. The Labute approximate surface area is 97.3 Å². The fraction of sp³-hybridized carbons (Fsp3) is 0.583. The number of hydrogen-bond donors (Lipinski definition) is 1. The number of likely N-dealkylation sites (N-methyl/N-ethyl adjacent to an activating group) is 1. The van der Waals surface area contributed by atoms with Crippen LogP contribution in [-0.4, -0.2) is 50.2 Å². The molecule has 1 aliphatic rings. The zero-order valence-corrected chi connectivity index (χ0v) is 10.3. The Hall–Kier alpha value is -1.29. The number of rotatable bonds is 2. The van der Waals surface area contributed by atoms with Gasteiger partial charge in [0.2, 0.25) is 0 Å². The zero-order chi connectivity index (χ0) is 11.5. The lowest BCUT2D eigenvalue weighted by Gasteiger charge is -2.33. The van der Waals surface area contributed by atoms with Crippen LogP contribution in [0.4, 0.5) is 11.5 Å².